The van der Waals surface area contributed by atoms with Gasteiger partial charge in [0.25, 0.3) is 5.91 Å². The van der Waals surface area contributed by atoms with Gasteiger partial charge in [0, 0.05) is 17.1 Å². The smallest absolute Gasteiger partial charge is 0.271 e. The molecule has 0 bridgehead atoms. The molecule has 0 radical (unpaired) electrons. The Morgan fingerprint density at radius 2 is 2.07 bits per heavy atom. The second-order valence-electron chi connectivity index (χ2n) is 6.24. The number of aromatic nitrogens is 2. The van der Waals surface area contributed by atoms with Gasteiger partial charge in [-0.25, -0.2) is 9.37 Å². The van der Waals surface area contributed by atoms with Crippen molar-refractivity contribution in [2.75, 3.05) is 5.73 Å². The van der Waals surface area contributed by atoms with Crippen LogP contribution in [0.5, 0.6) is 11.5 Å². The van der Waals surface area contributed by atoms with Crippen LogP contribution in [0.15, 0.2) is 30.3 Å². The Morgan fingerprint density at radius 3 is 2.70 bits per heavy atom. The van der Waals surface area contributed by atoms with Crippen molar-refractivity contribution in [2.45, 2.75) is 19.9 Å². The lowest BCUT2D eigenvalue weighted by Crippen LogP contribution is -2.24. The largest absolute Gasteiger partial charge is 0.454 e. The number of anilines is 1. The number of nitrogen functional groups attached to an aromatic ring is 1. The predicted molar refractivity (Wildman–Crippen MR) is 111 cm³/mol. The molecule has 0 unspecified atom stereocenters. The number of hydrogen-bond acceptors (Lipinski definition) is 5. The minimum Gasteiger partial charge on any atom is -0.454 e. The monoisotopic (exact) mass is 447 g/mol. The van der Waals surface area contributed by atoms with E-state index in [1.54, 1.807) is 12.1 Å². The molecule has 1 amide bonds. The maximum absolute atomic E-state index is 15.2. The molecule has 1 heterocycles. The van der Waals surface area contributed by atoms with E-state index >= 15 is 4.39 Å². The number of amides is 1. The van der Waals surface area contributed by atoms with Crippen LogP contribution in [0.1, 0.15) is 34.1 Å². The maximum Gasteiger partial charge on any atom is 0.271 e. The number of nitriles is 1. The molecule has 0 spiro atoms. The van der Waals surface area contributed by atoms with Crippen molar-refractivity contribution in [2.24, 2.45) is 0 Å². The molecule has 30 heavy (non-hydrogen) atoms. The molecule has 4 N–H and O–H groups in total. The molecule has 2 aromatic carbocycles. The number of nitrogens with two attached hydrogens (primary N) is 1. The third-order valence-corrected chi connectivity index (χ3v) is 4.70. The molecule has 0 saturated carbocycles. The van der Waals surface area contributed by atoms with Crippen molar-refractivity contribution in [1.29, 1.82) is 5.26 Å². The highest BCUT2D eigenvalue weighted by Gasteiger charge is 2.18. The number of rotatable bonds is 6. The van der Waals surface area contributed by atoms with E-state index in [2.05, 4.69) is 15.3 Å². The van der Waals surface area contributed by atoms with Crippen LogP contribution in [0, 0.1) is 17.1 Å². The minimum atomic E-state index is -0.636. The Labute approximate surface area is 181 Å². The van der Waals surface area contributed by atoms with Gasteiger partial charge in [-0.2, -0.15) is 5.26 Å². The van der Waals surface area contributed by atoms with E-state index in [0.29, 0.717) is 17.0 Å². The second kappa shape index (κ2) is 9.03. The van der Waals surface area contributed by atoms with Gasteiger partial charge in [0.15, 0.2) is 22.7 Å². The number of benzene rings is 2. The van der Waals surface area contributed by atoms with Gasteiger partial charge in [-0.3, -0.25) is 4.79 Å². The van der Waals surface area contributed by atoms with Gasteiger partial charge in [-0.1, -0.05) is 42.3 Å². The van der Waals surface area contributed by atoms with Crippen LogP contribution in [-0.2, 0) is 13.0 Å². The summed E-state index contributed by atoms with van der Waals surface area (Å²) in [6.45, 7) is 1.73. The number of imidazole rings is 1. The number of carbonyl (C=O) groups excluding carboxylic acids is 1. The van der Waals surface area contributed by atoms with Crippen LogP contribution in [-0.4, -0.2) is 15.9 Å². The molecule has 0 fully saturated rings. The zero-order valence-electron chi connectivity index (χ0n) is 15.7. The molecular formula is C20H16Cl2FN5O2. The number of nitrogens with zero attached hydrogens (tertiary/aromatic N) is 2. The van der Waals surface area contributed by atoms with Crippen molar-refractivity contribution in [3.63, 3.8) is 0 Å². The van der Waals surface area contributed by atoms with Crippen LogP contribution < -0.4 is 15.8 Å². The molecule has 0 saturated heterocycles. The zero-order valence-corrected chi connectivity index (χ0v) is 17.2. The second-order valence-corrected chi connectivity index (χ2v) is 7.03. The first kappa shape index (κ1) is 21.4. The third kappa shape index (κ3) is 4.64. The summed E-state index contributed by atoms with van der Waals surface area (Å²) < 4.78 is 20.9. The van der Waals surface area contributed by atoms with Crippen molar-refractivity contribution < 1.29 is 13.9 Å². The highest BCUT2D eigenvalue weighted by Crippen LogP contribution is 2.33. The van der Waals surface area contributed by atoms with E-state index in [4.69, 9.17) is 38.9 Å². The fraction of sp³-hybridized carbons (Fsp3) is 0.150. The van der Waals surface area contributed by atoms with Gasteiger partial charge < -0.3 is 20.8 Å². The Kier molecular flexibility index (Phi) is 6.45. The minimum absolute atomic E-state index is 0.000720. The summed E-state index contributed by atoms with van der Waals surface area (Å²) >= 11 is 11.8. The topological polar surface area (TPSA) is 117 Å². The average molecular weight is 448 g/mol. The number of aryl methyl sites for hydroxylation is 1. The molecule has 0 atom stereocenters. The number of hydrogen-bond donors (Lipinski definition) is 3. The fourth-order valence-corrected chi connectivity index (χ4v) is 3.20. The standard InChI is InChI=1S/C20H16Cl2FN5O2/c1-2-11-3-4-12(9-26-19(29)16-18(22)28-20(25)27-16)15(23)17(11)30-14-6-10(8-24)5-13(21)7-14/h3-7H,2,9H2,1H3,(H,26,29)(H3,25,27,28). The molecule has 3 aromatic rings. The molecule has 0 aliphatic heterocycles. The first-order valence-corrected chi connectivity index (χ1v) is 9.56. The van der Waals surface area contributed by atoms with Crippen molar-refractivity contribution >= 4 is 35.1 Å². The van der Waals surface area contributed by atoms with E-state index in [1.165, 1.54) is 18.2 Å². The van der Waals surface area contributed by atoms with Gasteiger partial charge in [-0.15, -0.1) is 0 Å². The molecule has 154 valence electrons. The summed E-state index contributed by atoms with van der Waals surface area (Å²) in [6.07, 6.45) is 0.508. The number of ether oxygens (including phenoxy) is 1. The van der Waals surface area contributed by atoms with Gasteiger partial charge in [-0.05, 0) is 30.2 Å². The summed E-state index contributed by atoms with van der Waals surface area (Å²) in [6, 6.07) is 9.66. The van der Waals surface area contributed by atoms with E-state index in [1.807, 2.05) is 13.0 Å². The van der Waals surface area contributed by atoms with E-state index < -0.39 is 11.7 Å². The molecule has 0 aliphatic rings. The summed E-state index contributed by atoms with van der Waals surface area (Å²) in [4.78, 5) is 18.5. The van der Waals surface area contributed by atoms with Gasteiger partial charge in [0.2, 0.25) is 0 Å². The summed E-state index contributed by atoms with van der Waals surface area (Å²) in [5.74, 6) is -0.993. The molecule has 10 heteroatoms. The average Bonchev–Trinajstić information content (AvgIpc) is 3.06. The Balaban J connectivity index is 1.86. The van der Waals surface area contributed by atoms with E-state index in [-0.39, 0.29) is 46.0 Å². The van der Waals surface area contributed by atoms with Crippen LogP contribution >= 0.6 is 23.2 Å². The predicted octanol–water partition coefficient (Wildman–Crippen LogP) is 4.59. The first-order chi connectivity index (χ1) is 14.3. The Bertz CT molecular complexity index is 1160. The maximum atomic E-state index is 15.2. The fourth-order valence-electron chi connectivity index (χ4n) is 2.75. The quantitative estimate of drug-likeness (QED) is 0.510. The Hall–Kier alpha value is -3.28. The SMILES string of the molecule is CCc1ccc(CNC(=O)c2[nH]c(N)nc2Cl)c(F)c1Oc1cc(Cl)cc(C#N)c1. The van der Waals surface area contributed by atoms with E-state index in [9.17, 15) is 4.79 Å². The van der Waals surface area contributed by atoms with E-state index in [0.717, 1.165) is 0 Å². The number of carbonyl (C=O) groups is 1. The lowest BCUT2D eigenvalue weighted by atomic mass is 10.1. The highest BCUT2D eigenvalue weighted by molar-refractivity contribution is 6.32. The Morgan fingerprint density at radius 1 is 1.33 bits per heavy atom. The summed E-state index contributed by atoms with van der Waals surface area (Å²) in [5, 5.41) is 11.9. The zero-order chi connectivity index (χ0) is 21.8. The lowest BCUT2D eigenvalue weighted by Gasteiger charge is -2.15. The number of H-pyrrole nitrogens is 1. The van der Waals surface area contributed by atoms with Crippen LogP contribution in [0.4, 0.5) is 10.3 Å². The summed E-state index contributed by atoms with van der Waals surface area (Å²) in [7, 11) is 0. The molecule has 0 aliphatic carbocycles. The molecule has 1 aromatic heterocycles. The summed E-state index contributed by atoms with van der Waals surface area (Å²) in [5.41, 5.74) is 6.55. The number of halogens is 3. The lowest BCUT2D eigenvalue weighted by molar-refractivity contribution is 0.0946. The van der Waals surface area contributed by atoms with Crippen molar-refractivity contribution in [3.8, 4) is 17.6 Å². The van der Waals surface area contributed by atoms with Gasteiger partial charge in [0.1, 0.15) is 11.4 Å². The third-order valence-electron chi connectivity index (χ3n) is 4.20. The van der Waals surface area contributed by atoms with Gasteiger partial charge >= 0.3 is 0 Å². The molecule has 7 nitrogen and oxygen atoms in total. The molecular weight excluding hydrogens is 432 g/mol. The van der Waals surface area contributed by atoms with Crippen LogP contribution in [0.2, 0.25) is 10.2 Å². The van der Waals surface area contributed by atoms with Crippen LogP contribution in [0.25, 0.3) is 0 Å². The first-order valence-electron chi connectivity index (χ1n) is 8.80. The van der Waals surface area contributed by atoms with Crippen molar-refractivity contribution in [3.05, 3.63) is 68.7 Å². The number of aromatic amines is 1. The normalized spacial score (nSPS) is 10.5. The van der Waals surface area contributed by atoms with Crippen LogP contribution in [0.3, 0.4) is 0 Å². The van der Waals surface area contributed by atoms with Gasteiger partial charge in [0.05, 0.1) is 11.6 Å². The highest BCUT2D eigenvalue weighted by atomic mass is 35.5. The number of nitrogens with one attached hydrogen (secondary N) is 2. The van der Waals surface area contributed by atoms with Crippen molar-refractivity contribution in [1.82, 2.24) is 15.3 Å². The molecule has 3 rings (SSSR count).